The maximum absolute atomic E-state index is 12.3. The second-order valence-electron chi connectivity index (χ2n) is 7.80. The van der Waals surface area contributed by atoms with E-state index < -0.39 is 0 Å². The minimum atomic E-state index is -0.292. The van der Waals surface area contributed by atoms with Crippen molar-refractivity contribution in [2.75, 3.05) is 0 Å². The molecule has 0 radical (unpaired) electrons. The molecule has 1 aliphatic carbocycles. The van der Waals surface area contributed by atoms with E-state index >= 15 is 0 Å². The van der Waals surface area contributed by atoms with Crippen LogP contribution in [0.2, 0.25) is 0 Å². The topological polar surface area (TPSA) is 87.2 Å². The number of hydrazone groups is 1. The number of allylic oxidation sites excluding steroid dienone is 2. The van der Waals surface area contributed by atoms with Crippen LogP contribution in [0.4, 0.5) is 0 Å². The highest BCUT2D eigenvalue weighted by Crippen LogP contribution is 2.33. The van der Waals surface area contributed by atoms with Crippen molar-refractivity contribution in [3.05, 3.63) is 38.3 Å². The molecule has 0 fully saturated rings. The largest absolute Gasteiger partial charge is 0.309 e. The number of carbonyl (C=O) groups is 1. The van der Waals surface area contributed by atoms with Crippen LogP contribution in [0.1, 0.15) is 49.9 Å². The number of H-pyrrole nitrogens is 1. The van der Waals surface area contributed by atoms with Gasteiger partial charge in [0.1, 0.15) is 10.7 Å². The van der Waals surface area contributed by atoms with Crippen molar-refractivity contribution in [3.63, 3.8) is 0 Å². The first-order valence-electron chi connectivity index (χ1n) is 8.66. The lowest BCUT2D eigenvalue weighted by Gasteiger charge is -2.29. The molecule has 0 aromatic carbocycles. The lowest BCUT2D eigenvalue weighted by molar-refractivity contribution is -0.120. The zero-order chi connectivity index (χ0) is 19.1. The van der Waals surface area contributed by atoms with Gasteiger partial charge in [0.25, 0.3) is 5.56 Å². The summed E-state index contributed by atoms with van der Waals surface area (Å²) in [5.41, 5.74) is 5.62. The number of rotatable bonds is 3. The summed E-state index contributed by atoms with van der Waals surface area (Å²) in [6, 6.07) is 0. The van der Waals surface area contributed by atoms with E-state index in [9.17, 15) is 9.59 Å². The van der Waals surface area contributed by atoms with Gasteiger partial charge in [-0.15, -0.1) is 11.3 Å². The molecule has 2 aromatic heterocycles. The number of nitrogens with zero attached hydrogens (tertiary/aromatic N) is 2. The van der Waals surface area contributed by atoms with E-state index in [1.807, 2.05) is 19.9 Å². The van der Waals surface area contributed by atoms with Gasteiger partial charge in [-0.2, -0.15) is 5.10 Å². The number of nitrogens with one attached hydrogen (secondary N) is 2. The van der Waals surface area contributed by atoms with Crippen LogP contribution in [0.25, 0.3) is 10.2 Å². The molecule has 1 aliphatic rings. The number of aromatic amines is 1. The Hall–Kier alpha value is -2.28. The minimum absolute atomic E-state index is 0.00988. The third kappa shape index (κ3) is 3.93. The smallest absolute Gasteiger partial charge is 0.259 e. The fourth-order valence-corrected chi connectivity index (χ4v) is 4.52. The van der Waals surface area contributed by atoms with Gasteiger partial charge in [0, 0.05) is 4.88 Å². The zero-order valence-corrected chi connectivity index (χ0v) is 16.6. The van der Waals surface area contributed by atoms with Gasteiger partial charge in [0.15, 0.2) is 0 Å². The molecule has 0 aliphatic heterocycles. The van der Waals surface area contributed by atoms with Gasteiger partial charge >= 0.3 is 0 Å². The third-order valence-electron chi connectivity index (χ3n) is 4.57. The normalized spacial score (nSPS) is 18.2. The predicted molar refractivity (Wildman–Crippen MR) is 106 cm³/mol. The Labute approximate surface area is 156 Å². The highest BCUT2D eigenvalue weighted by molar-refractivity contribution is 7.18. The molecule has 7 heteroatoms. The molecule has 138 valence electrons. The van der Waals surface area contributed by atoms with Gasteiger partial charge in [-0.1, -0.05) is 19.4 Å². The van der Waals surface area contributed by atoms with Crippen molar-refractivity contribution in [1.82, 2.24) is 15.4 Å². The molecule has 0 atom stereocenters. The van der Waals surface area contributed by atoms with E-state index in [1.54, 1.807) is 0 Å². The molecule has 0 saturated carbocycles. The summed E-state index contributed by atoms with van der Waals surface area (Å²) >= 11 is 1.47. The predicted octanol–water partition coefficient (Wildman–Crippen LogP) is 3.38. The molecule has 0 bridgehead atoms. The van der Waals surface area contributed by atoms with Crippen molar-refractivity contribution in [3.8, 4) is 0 Å². The SMILES string of the molecule is CC1=C/C(=N\NC(=O)Cc2nc3sc(C)c(C)c3c(=O)[nH]2)CC(C)(C)C1. The molecule has 3 rings (SSSR count). The van der Waals surface area contributed by atoms with Crippen molar-refractivity contribution < 1.29 is 4.79 Å². The lowest BCUT2D eigenvalue weighted by Crippen LogP contribution is -2.27. The molecule has 1 amide bonds. The first-order chi connectivity index (χ1) is 12.1. The van der Waals surface area contributed by atoms with Crippen LogP contribution in [0.15, 0.2) is 21.5 Å². The molecular weight excluding hydrogens is 348 g/mol. The number of hydrogen-bond acceptors (Lipinski definition) is 5. The quantitative estimate of drug-likeness (QED) is 0.810. The van der Waals surface area contributed by atoms with Crippen LogP contribution in [-0.4, -0.2) is 21.6 Å². The molecule has 26 heavy (non-hydrogen) atoms. The Morgan fingerprint density at radius 2 is 2.08 bits per heavy atom. The van der Waals surface area contributed by atoms with Gasteiger partial charge < -0.3 is 4.98 Å². The number of amides is 1. The fourth-order valence-electron chi connectivity index (χ4n) is 3.47. The Balaban J connectivity index is 1.75. The monoisotopic (exact) mass is 372 g/mol. The number of thiophene rings is 1. The number of carbonyl (C=O) groups excluding carboxylic acids is 1. The molecule has 0 spiro atoms. The van der Waals surface area contributed by atoms with Crippen LogP contribution in [0, 0.1) is 19.3 Å². The number of hydrogen-bond donors (Lipinski definition) is 2. The van der Waals surface area contributed by atoms with Crippen LogP contribution < -0.4 is 11.0 Å². The van der Waals surface area contributed by atoms with E-state index in [0.29, 0.717) is 16.0 Å². The van der Waals surface area contributed by atoms with Crippen molar-refractivity contribution in [2.24, 2.45) is 10.5 Å². The van der Waals surface area contributed by atoms with E-state index in [-0.39, 0.29) is 23.3 Å². The van der Waals surface area contributed by atoms with Gasteiger partial charge in [-0.3, -0.25) is 9.59 Å². The zero-order valence-electron chi connectivity index (χ0n) is 15.8. The van der Waals surface area contributed by atoms with Gasteiger partial charge in [-0.05, 0) is 50.7 Å². The molecular formula is C19H24N4O2S. The second kappa shape index (κ2) is 6.79. The van der Waals surface area contributed by atoms with Gasteiger partial charge in [-0.25, -0.2) is 10.4 Å². The van der Waals surface area contributed by atoms with E-state index in [1.165, 1.54) is 16.9 Å². The summed E-state index contributed by atoms with van der Waals surface area (Å²) in [5, 5.41) is 4.86. The van der Waals surface area contributed by atoms with Crippen LogP contribution in [0.3, 0.4) is 0 Å². The standard InChI is InChI=1S/C19H24N4O2S/c1-10-6-13(9-19(4,5)8-10)22-23-15(24)7-14-20-17(25)16-11(2)12(3)26-18(16)21-14/h6H,7-9H2,1-5H3,(H,23,24)(H,20,21,25)/b22-13+. The summed E-state index contributed by atoms with van der Waals surface area (Å²) in [4.78, 5) is 33.4. The lowest BCUT2D eigenvalue weighted by atomic mass is 9.77. The minimum Gasteiger partial charge on any atom is -0.309 e. The summed E-state index contributed by atoms with van der Waals surface area (Å²) in [6.07, 6.45) is 3.86. The molecule has 2 heterocycles. The Morgan fingerprint density at radius 3 is 2.77 bits per heavy atom. The summed E-state index contributed by atoms with van der Waals surface area (Å²) < 4.78 is 0. The molecule has 0 unspecified atom stereocenters. The first kappa shape index (κ1) is 18.5. The highest BCUT2D eigenvalue weighted by atomic mass is 32.1. The van der Waals surface area contributed by atoms with Gasteiger partial charge in [0.2, 0.25) is 5.91 Å². The average Bonchev–Trinajstić information content (AvgIpc) is 2.78. The van der Waals surface area contributed by atoms with Crippen LogP contribution >= 0.6 is 11.3 Å². The number of aryl methyl sites for hydroxylation is 2. The molecule has 6 nitrogen and oxygen atoms in total. The Morgan fingerprint density at radius 1 is 1.35 bits per heavy atom. The Bertz CT molecular complexity index is 995. The van der Waals surface area contributed by atoms with E-state index in [2.05, 4.69) is 41.3 Å². The van der Waals surface area contributed by atoms with Gasteiger partial charge in [0.05, 0.1) is 17.5 Å². The van der Waals surface area contributed by atoms with E-state index in [0.717, 1.165) is 29.0 Å². The Kier molecular flexibility index (Phi) is 4.84. The highest BCUT2D eigenvalue weighted by Gasteiger charge is 2.24. The molecule has 0 saturated heterocycles. The van der Waals surface area contributed by atoms with Crippen LogP contribution in [-0.2, 0) is 11.2 Å². The maximum atomic E-state index is 12.3. The summed E-state index contributed by atoms with van der Waals surface area (Å²) in [5.74, 6) is 0.0663. The average molecular weight is 372 g/mol. The molecule has 2 aromatic rings. The summed E-state index contributed by atoms with van der Waals surface area (Å²) in [6.45, 7) is 10.3. The maximum Gasteiger partial charge on any atom is 0.259 e. The summed E-state index contributed by atoms with van der Waals surface area (Å²) in [7, 11) is 0. The third-order valence-corrected chi connectivity index (χ3v) is 5.67. The van der Waals surface area contributed by atoms with Crippen molar-refractivity contribution >= 4 is 33.2 Å². The number of fused-ring (bicyclic) bond motifs is 1. The first-order valence-corrected chi connectivity index (χ1v) is 9.48. The number of aromatic nitrogens is 2. The van der Waals surface area contributed by atoms with Crippen molar-refractivity contribution in [2.45, 2.75) is 53.9 Å². The van der Waals surface area contributed by atoms with Crippen LogP contribution in [0.5, 0.6) is 0 Å². The molecule has 2 N–H and O–H groups in total. The fraction of sp³-hybridized carbons (Fsp3) is 0.474. The van der Waals surface area contributed by atoms with Crippen molar-refractivity contribution in [1.29, 1.82) is 0 Å². The van der Waals surface area contributed by atoms with E-state index in [4.69, 9.17) is 0 Å². The second-order valence-corrected chi connectivity index (χ2v) is 9.00.